The number of ether oxygens (including phenoxy) is 1. The van der Waals surface area contributed by atoms with Crippen LogP contribution in [-0.4, -0.2) is 31.2 Å². The van der Waals surface area contributed by atoms with Crippen LogP contribution in [0.4, 0.5) is 0 Å². The van der Waals surface area contributed by atoms with E-state index < -0.39 is 0 Å². The van der Waals surface area contributed by atoms with Gasteiger partial charge in [0.15, 0.2) is 5.58 Å². The highest BCUT2D eigenvalue weighted by molar-refractivity contribution is 7.71. The molecule has 1 aromatic carbocycles. The van der Waals surface area contributed by atoms with E-state index in [1.165, 1.54) is 6.42 Å². The Bertz CT molecular complexity index is 730. The van der Waals surface area contributed by atoms with Crippen LogP contribution in [0.25, 0.3) is 11.1 Å². The molecule has 1 aromatic heterocycles. The fourth-order valence-electron chi connectivity index (χ4n) is 2.97. The highest BCUT2D eigenvalue weighted by Crippen LogP contribution is 2.43. The van der Waals surface area contributed by atoms with Crippen LogP contribution in [0.5, 0.6) is 0 Å². The second-order valence-electron chi connectivity index (χ2n) is 6.00. The zero-order valence-corrected chi connectivity index (χ0v) is 13.4. The van der Waals surface area contributed by atoms with Gasteiger partial charge in [0.1, 0.15) is 0 Å². The average Bonchev–Trinajstić information content (AvgIpc) is 2.84. The van der Waals surface area contributed by atoms with Gasteiger partial charge in [0.25, 0.3) is 10.7 Å². The molecular weight excluding hydrogens is 300 g/mol. The number of rotatable bonds is 6. The number of fused-ring (bicyclic) bond motifs is 1. The number of carbonyl (C=O) groups excluding carboxylic acids is 1. The Balaban J connectivity index is 1.66. The monoisotopic (exact) mass is 320 g/mol. The Kier molecular flexibility index (Phi) is 4.31. The van der Waals surface area contributed by atoms with Crippen LogP contribution in [0.2, 0.25) is 0 Å². The fraction of sp³-hybridized carbons (Fsp3) is 0.500. The van der Waals surface area contributed by atoms with Gasteiger partial charge < -0.3 is 19.5 Å². The number of hydrogen-bond acceptors (Lipinski definition) is 4. The molecule has 0 saturated heterocycles. The number of methoxy groups -OCH3 is 1. The number of carbonyl (C=O) groups is 1. The molecule has 1 aliphatic carbocycles. The Hall–Kier alpha value is -1.66. The molecule has 0 radical (unpaired) electrons. The van der Waals surface area contributed by atoms with E-state index in [9.17, 15) is 4.79 Å². The van der Waals surface area contributed by atoms with Crippen molar-refractivity contribution in [1.82, 2.24) is 10.3 Å². The lowest BCUT2D eigenvalue weighted by molar-refractivity contribution is 0.0631. The minimum Gasteiger partial charge on any atom is -0.429 e. The molecule has 0 atom stereocenters. The quantitative estimate of drug-likeness (QED) is 0.800. The Labute approximate surface area is 134 Å². The molecule has 1 amide bonds. The maximum Gasteiger partial charge on any atom is 0.266 e. The van der Waals surface area contributed by atoms with Crippen molar-refractivity contribution in [3.63, 3.8) is 0 Å². The lowest BCUT2D eigenvalue weighted by Gasteiger charge is -2.42. The number of aromatic amines is 1. The summed E-state index contributed by atoms with van der Waals surface area (Å²) in [6.45, 7) is 1.44. The van der Waals surface area contributed by atoms with Crippen molar-refractivity contribution in [1.29, 1.82) is 0 Å². The molecule has 2 aromatic rings. The summed E-state index contributed by atoms with van der Waals surface area (Å²) in [4.78, 5) is 15.6. The number of H-pyrrole nitrogens is 1. The van der Waals surface area contributed by atoms with Crippen LogP contribution < -0.4 is 5.32 Å². The topological polar surface area (TPSA) is 67.3 Å². The first-order valence-electron chi connectivity index (χ1n) is 7.52. The molecule has 2 N–H and O–H groups in total. The van der Waals surface area contributed by atoms with E-state index in [-0.39, 0.29) is 11.3 Å². The highest BCUT2D eigenvalue weighted by atomic mass is 32.1. The largest absolute Gasteiger partial charge is 0.429 e. The second kappa shape index (κ2) is 6.22. The first-order valence-corrected chi connectivity index (χ1v) is 7.93. The molecule has 3 rings (SSSR count). The molecular formula is C16H20N2O3S. The van der Waals surface area contributed by atoms with Crippen LogP contribution in [0, 0.1) is 10.3 Å². The van der Waals surface area contributed by atoms with Gasteiger partial charge in [-0.2, -0.15) is 0 Å². The van der Waals surface area contributed by atoms with Crippen molar-refractivity contribution in [2.75, 3.05) is 20.3 Å². The van der Waals surface area contributed by atoms with Gasteiger partial charge in [-0.05, 0) is 55.1 Å². The minimum atomic E-state index is -0.0760. The zero-order chi connectivity index (χ0) is 15.6. The zero-order valence-electron chi connectivity index (χ0n) is 12.6. The molecule has 0 aliphatic heterocycles. The van der Waals surface area contributed by atoms with Crippen molar-refractivity contribution >= 4 is 29.2 Å². The summed E-state index contributed by atoms with van der Waals surface area (Å²) < 4.78 is 10.5. The Morgan fingerprint density at radius 1 is 1.50 bits per heavy atom. The first-order chi connectivity index (χ1) is 10.6. The molecule has 1 aliphatic rings. The van der Waals surface area contributed by atoms with Crippen molar-refractivity contribution in [3.05, 3.63) is 28.6 Å². The highest BCUT2D eigenvalue weighted by Gasteiger charge is 2.36. The molecule has 0 unspecified atom stereocenters. The second-order valence-corrected chi connectivity index (χ2v) is 6.38. The number of benzene rings is 1. The number of hydrogen-bond donors (Lipinski definition) is 2. The third-order valence-electron chi connectivity index (χ3n) is 4.56. The standard InChI is InChI=1S/C16H20N2O3S/c1-20-8-7-16(5-2-6-16)10-17-14(19)11-3-4-12-13(9-11)21-15(22)18-12/h3-4,9H,2,5-8,10H2,1H3,(H,17,19)(H,18,22). The SMILES string of the molecule is COCCC1(CNC(=O)c2ccc3[nH]c(=S)oc3c2)CCC1. The van der Waals surface area contributed by atoms with Gasteiger partial charge in [0, 0.05) is 25.8 Å². The first kappa shape index (κ1) is 15.2. The maximum absolute atomic E-state index is 12.3. The van der Waals surface area contributed by atoms with Crippen LogP contribution in [-0.2, 0) is 4.74 Å². The predicted molar refractivity (Wildman–Crippen MR) is 86.5 cm³/mol. The van der Waals surface area contributed by atoms with Crippen molar-refractivity contribution < 1.29 is 13.9 Å². The van der Waals surface area contributed by atoms with Crippen LogP contribution in [0.15, 0.2) is 22.6 Å². The van der Waals surface area contributed by atoms with Crippen molar-refractivity contribution in [2.24, 2.45) is 5.41 Å². The molecule has 5 nitrogen and oxygen atoms in total. The molecule has 0 bridgehead atoms. The third-order valence-corrected chi connectivity index (χ3v) is 4.74. The molecule has 1 heterocycles. The third kappa shape index (κ3) is 3.08. The van der Waals surface area contributed by atoms with Gasteiger partial charge in [0.05, 0.1) is 5.52 Å². The number of oxazole rings is 1. The molecule has 1 saturated carbocycles. The number of nitrogens with one attached hydrogen (secondary N) is 2. The van der Waals surface area contributed by atoms with E-state index in [0.29, 0.717) is 22.5 Å². The summed E-state index contributed by atoms with van der Waals surface area (Å²) in [5, 5.41) is 3.05. The average molecular weight is 320 g/mol. The van der Waals surface area contributed by atoms with Gasteiger partial charge >= 0.3 is 0 Å². The summed E-state index contributed by atoms with van der Waals surface area (Å²) in [6, 6.07) is 5.31. The molecule has 6 heteroatoms. The predicted octanol–water partition coefficient (Wildman–Crippen LogP) is 3.43. The van der Waals surface area contributed by atoms with E-state index in [2.05, 4.69) is 10.3 Å². The van der Waals surface area contributed by atoms with Gasteiger partial charge in [0.2, 0.25) is 0 Å². The molecule has 1 fully saturated rings. The normalized spacial score (nSPS) is 16.4. The summed E-state index contributed by atoms with van der Waals surface area (Å²) in [5.41, 5.74) is 2.21. The molecule has 22 heavy (non-hydrogen) atoms. The van der Waals surface area contributed by atoms with Gasteiger partial charge in [-0.1, -0.05) is 6.42 Å². The lowest BCUT2D eigenvalue weighted by atomic mass is 9.66. The molecule has 118 valence electrons. The van der Waals surface area contributed by atoms with E-state index in [4.69, 9.17) is 21.4 Å². The van der Waals surface area contributed by atoms with E-state index in [0.717, 1.165) is 31.4 Å². The minimum absolute atomic E-state index is 0.0760. The van der Waals surface area contributed by atoms with Gasteiger partial charge in [-0.25, -0.2) is 0 Å². The Morgan fingerprint density at radius 2 is 2.32 bits per heavy atom. The van der Waals surface area contributed by atoms with Crippen LogP contribution in [0.1, 0.15) is 36.0 Å². The van der Waals surface area contributed by atoms with Crippen molar-refractivity contribution in [3.8, 4) is 0 Å². The fourth-order valence-corrected chi connectivity index (χ4v) is 3.17. The van der Waals surface area contributed by atoms with Gasteiger partial charge in [-0.15, -0.1) is 0 Å². The van der Waals surface area contributed by atoms with Crippen LogP contribution in [0.3, 0.4) is 0 Å². The van der Waals surface area contributed by atoms with Crippen molar-refractivity contribution in [2.45, 2.75) is 25.7 Å². The summed E-state index contributed by atoms with van der Waals surface area (Å²) >= 11 is 4.95. The van der Waals surface area contributed by atoms with Crippen LogP contribution >= 0.6 is 12.2 Å². The number of amides is 1. The maximum atomic E-state index is 12.3. The smallest absolute Gasteiger partial charge is 0.266 e. The van der Waals surface area contributed by atoms with E-state index in [1.807, 2.05) is 6.07 Å². The number of aromatic nitrogens is 1. The summed E-state index contributed by atoms with van der Waals surface area (Å²) in [5.74, 6) is -0.0760. The summed E-state index contributed by atoms with van der Waals surface area (Å²) in [7, 11) is 1.72. The Morgan fingerprint density at radius 3 is 3.00 bits per heavy atom. The lowest BCUT2D eigenvalue weighted by Crippen LogP contribution is -2.42. The van der Waals surface area contributed by atoms with E-state index in [1.54, 1.807) is 19.2 Å². The summed E-state index contributed by atoms with van der Waals surface area (Å²) in [6.07, 6.45) is 4.54. The van der Waals surface area contributed by atoms with Gasteiger partial charge in [-0.3, -0.25) is 4.79 Å². The van der Waals surface area contributed by atoms with E-state index >= 15 is 0 Å². The molecule has 0 spiro atoms.